The van der Waals surface area contributed by atoms with Gasteiger partial charge in [0.05, 0.1) is 30.6 Å². The molecule has 5 nitrogen and oxygen atoms in total. The van der Waals surface area contributed by atoms with Crippen molar-refractivity contribution < 1.29 is 9.53 Å². The third-order valence-corrected chi connectivity index (χ3v) is 5.21. The van der Waals surface area contributed by atoms with Gasteiger partial charge >= 0.3 is 0 Å². The highest BCUT2D eigenvalue weighted by atomic mass is 16.5. The number of aryl methyl sites for hydroxylation is 1. The van der Waals surface area contributed by atoms with Crippen LogP contribution in [0.2, 0.25) is 0 Å². The summed E-state index contributed by atoms with van der Waals surface area (Å²) in [5.41, 5.74) is 3.10. The molecule has 0 saturated carbocycles. The topological polar surface area (TPSA) is 47.4 Å². The number of hydrogen-bond acceptors (Lipinski definition) is 3. The number of para-hydroxylation sites is 2. The molecule has 0 radical (unpaired) electrons. The number of nitrogens with zero attached hydrogens (tertiary/aromatic N) is 3. The molecule has 4 rings (SSSR count). The first kappa shape index (κ1) is 16.6. The Labute approximate surface area is 153 Å². The standard InChI is InChI=1S/C21H23N3O2/c1-23-18-7-4-3-6-17(18)22-21(23)19-8-5-13-24(19)20(25)14-15-9-11-16(26-2)12-10-15/h3-4,6-7,9-12,19H,5,8,13-14H2,1-2H3. The Morgan fingerprint density at radius 3 is 2.69 bits per heavy atom. The van der Waals surface area contributed by atoms with Crippen LogP contribution in [0.5, 0.6) is 5.75 Å². The van der Waals surface area contributed by atoms with E-state index in [-0.39, 0.29) is 11.9 Å². The van der Waals surface area contributed by atoms with Gasteiger partial charge in [0.2, 0.25) is 5.91 Å². The lowest BCUT2D eigenvalue weighted by molar-refractivity contribution is -0.131. The number of imidazole rings is 1. The van der Waals surface area contributed by atoms with E-state index in [9.17, 15) is 4.79 Å². The van der Waals surface area contributed by atoms with E-state index in [2.05, 4.69) is 10.6 Å². The SMILES string of the molecule is COc1ccc(CC(=O)N2CCCC2c2nc3ccccc3n2C)cc1. The van der Waals surface area contributed by atoms with Crippen LogP contribution >= 0.6 is 0 Å². The highest BCUT2D eigenvalue weighted by molar-refractivity contribution is 5.80. The van der Waals surface area contributed by atoms with Crippen molar-refractivity contribution in [1.29, 1.82) is 0 Å². The molecule has 1 amide bonds. The lowest BCUT2D eigenvalue weighted by atomic mass is 10.1. The van der Waals surface area contributed by atoms with E-state index in [0.29, 0.717) is 6.42 Å². The largest absolute Gasteiger partial charge is 0.497 e. The van der Waals surface area contributed by atoms with Crippen LogP contribution in [0.15, 0.2) is 48.5 Å². The van der Waals surface area contributed by atoms with Crippen LogP contribution in [0.25, 0.3) is 11.0 Å². The summed E-state index contributed by atoms with van der Waals surface area (Å²) in [7, 11) is 3.68. The molecule has 2 heterocycles. The zero-order chi connectivity index (χ0) is 18.1. The molecule has 1 atom stereocenters. The van der Waals surface area contributed by atoms with Gasteiger partial charge in [0.25, 0.3) is 0 Å². The van der Waals surface area contributed by atoms with Gasteiger partial charge in [-0.1, -0.05) is 24.3 Å². The molecule has 1 aliphatic rings. The van der Waals surface area contributed by atoms with Crippen molar-refractivity contribution in [2.75, 3.05) is 13.7 Å². The fraction of sp³-hybridized carbons (Fsp3) is 0.333. The van der Waals surface area contributed by atoms with E-state index in [1.165, 1.54) is 0 Å². The second-order valence-electron chi connectivity index (χ2n) is 6.79. The Kier molecular flexibility index (Phi) is 4.37. The van der Waals surface area contributed by atoms with Crippen molar-refractivity contribution in [3.8, 4) is 5.75 Å². The molecular weight excluding hydrogens is 326 g/mol. The normalized spacial score (nSPS) is 17.0. The van der Waals surface area contributed by atoms with Gasteiger partial charge < -0.3 is 14.2 Å². The van der Waals surface area contributed by atoms with E-state index in [0.717, 1.165) is 47.6 Å². The van der Waals surface area contributed by atoms with Crippen molar-refractivity contribution in [2.45, 2.75) is 25.3 Å². The number of ether oxygens (including phenoxy) is 1. The van der Waals surface area contributed by atoms with Crippen LogP contribution < -0.4 is 4.74 Å². The Morgan fingerprint density at radius 1 is 1.19 bits per heavy atom. The van der Waals surface area contributed by atoms with Crippen LogP contribution in [0.3, 0.4) is 0 Å². The predicted octanol–water partition coefficient (Wildman–Crippen LogP) is 3.49. The molecule has 5 heteroatoms. The van der Waals surface area contributed by atoms with Crippen molar-refractivity contribution in [3.63, 3.8) is 0 Å². The number of methoxy groups -OCH3 is 1. The molecule has 1 fully saturated rings. The fourth-order valence-electron chi connectivity index (χ4n) is 3.82. The molecule has 3 aromatic rings. The van der Waals surface area contributed by atoms with Crippen LogP contribution in [0.1, 0.15) is 30.3 Å². The number of carbonyl (C=O) groups excluding carboxylic acids is 1. The molecule has 2 aromatic carbocycles. The van der Waals surface area contributed by atoms with E-state index < -0.39 is 0 Å². The Balaban J connectivity index is 1.57. The number of aromatic nitrogens is 2. The Morgan fingerprint density at radius 2 is 1.96 bits per heavy atom. The molecule has 26 heavy (non-hydrogen) atoms. The lowest BCUT2D eigenvalue weighted by Gasteiger charge is -2.24. The summed E-state index contributed by atoms with van der Waals surface area (Å²) in [6.45, 7) is 0.795. The van der Waals surface area contributed by atoms with Gasteiger partial charge in [-0.25, -0.2) is 4.98 Å². The van der Waals surface area contributed by atoms with Gasteiger partial charge in [-0.05, 0) is 42.7 Å². The maximum Gasteiger partial charge on any atom is 0.227 e. The zero-order valence-corrected chi connectivity index (χ0v) is 15.2. The minimum absolute atomic E-state index is 0.0538. The van der Waals surface area contributed by atoms with Crippen LogP contribution in [-0.2, 0) is 18.3 Å². The maximum atomic E-state index is 12.9. The van der Waals surface area contributed by atoms with Gasteiger partial charge in [-0.3, -0.25) is 4.79 Å². The first-order valence-corrected chi connectivity index (χ1v) is 9.01. The molecule has 0 N–H and O–H groups in total. The van der Waals surface area contributed by atoms with Crippen LogP contribution in [-0.4, -0.2) is 34.0 Å². The molecule has 1 unspecified atom stereocenters. The van der Waals surface area contributed by atoms with Crippen molar-refractivity contribution in [3.05, 3.63) is 59.9 Å². The number of rotatable bonds is 4. The zero-order valence-electron chi connectivity index (χ0n) is 15.2. The van der Waals surface area contributed by atoms with E-state index in [1.54, 1.807) is 7.11 Å². The monoisotopic (exact) mass is 349 g/mol. The second-order valence-corrected chi connectivity index (χ2v) is 6.79. The molecule has 1 aliphatic heterocycles. The summed E-state index contributed by atoms with van der Waals surface area (Å²) in [6, 6.07) is 15.9. The van der Waals surface area contributed by atoms with E-state index >= 15 is 0 Å². The Bertz CT molecular complexity index is 930. The molecule has 1 saturated heterocycles. The highest BCUT2D eigenvalue weighted by Crippen LogP contribution is 2.33. The van der Waals surface area contributed by atoms with Gasteiger partial charge in [0.15, 0.2) is 0 Å². The first-order valence-electron chi connectivity index (χ1n) is 9.01. The lowest BCUT2D eigenvalue weighted by Crippen LogP contribution is -2.33. The molecule has 0 aliphatic carbocycles. The number of hydrogen-bond donors (Lipinski definition) is 0. The summed E-state index contributed by atoms with van der Waals surface area (Å²) < 4.78 is 7.31. The minimum atomic E-state index is 0.0538. The third kappa shape index (κ3) is 2.94. The van der Waals surface area contributed by atoms with Gasteiger partial charge in [-0.15, -0.1) is 0 Å². The molecule has 0 bridgehead atoms. The summed E-state index contributed by atoms with van der Waals surface area (Å²) in [5.74, 6) is 1.94. The summed E-state index contributed by atoms with van der Waals surface area (Å²) in [5, 5.41) is 0. The first-order chi connectivity index (χ1) is 12.7. The van der Waals surface area contributed by atoms with Crippen LogP contribution in [0, 0.1) is 0 Å². The maximum absolute atomic E-state index is 12.9. The van der Waals surface area contributed by atoms with Gasteiger partial charge in [0, 0.05) is 13.6 Å². The Hall–Kier alpha value is -2.82. The number of carbonyl (C=O) groups is 1. The number of likely N-dealkylation sites (tertiary alicyclic amines) is 1. The number of benzene rings is 2. The molecule has 0 spiro atoms. The summed E-state index contributed by atoms with van der Waals surface area (Å²) in [4.78, 5) is 19.7. The minimum Gasteiger partial charge on any atom is -0.497 e. The van der Waals surface area contributed by atoms with Gasteiger partial charge in [-0.2, -0.15) is 0 Å². The quantitative estimate of drug-likeness (QED) is 0.724. The third-order valence-electron chi connectivity index (χ3n) is 5.21. The van der Waals surface area contributed by atoms with E-state index in [1.807, 2.05) is 54.4 Å². The highest BCUT2D eigenvalue weighted by Gasteiger charge is 2.33. The van der Waals surface area contributed by atoms with Gasteiger partial charge in [0.1, 0.15) is 11.6 Å². The number of fused-ring (bicyclic) bond motifs is 1. The average Bonchev–Trinajstić information content (AvgIpc) is 3.27. The fourth-order valence-corrected chi connectivity index (χ4v) is 3.82. The van der Waals surface area contributed by atoms with Crippen molar-refractivity contribution >= 4 is 16.9 Å². The average molecular weight is 349 g/mol. The predicted molar refractivity (Wildman–Crippen MR) is 101 cm³/mol. The summed E-state index contributed by atoms with van der Waals surface area (Å²) >= 11 is 0. The van der Waals surface area contributed by atoms with Crippen molar-refractivity contribution in [2.24, 2.45) is 7.05 Å². The molecular formula is C21H23N3O2. The molecule has 134 valence electrons. The summed E-state index contributed by atoms with van der Waals surface area (Å²) in [6.07, 6.45) is 2.39. The molecule has 1 aromatic heterocycles. The van der Waals surface area contributed by atoms with Crippen LogP contribution in [0.4, 0.5) is 0 Å². The van der Waals surface area contributed by atoms with E-state index in [4.69, 9.17) is 9.72 Å². The van der Waals surface area contributed by atoms with Crippen molar-refractivity contribution in [1.82, 2.24) is 14.5 Å². The number of amides is 1. The smallest absolute Gasteiger partial charge is 0.227 e. The second kappa shape index (κ2) is 6.83.